The van der Waals surface area contributed by atoms with Gasteiger partial charge in [0, 0.05) is 17.5 Å². The molecule has 132 valence electrons. The number of nitrogens with one attached hydrogen (secondary N) is 2. The van der Waals surface area contributed by atoms with Gasteiger partial charge in [-0.15, -0.1) is 0 Å². The summed E-state index contributed by atoms with van der Waals surface area (Å²) in [6, 6.07) is 2.41. The molecule has 0 spiro atoms. The molecule has 0 saturated carbocycles. The number of aryl methyl sites for hydroxylation is 3. The summed E-state index contributed by atoms with van der Waals surface area (Å²) in [7, 11) is -4.17. The standard InChI is InChI=1S/C15H14F2N4O3S/c1-7-13(15-19-9(3)20-24-15)14(8(2)18-7)25(22,23)21-12-5-10(16)4-11(17)6-12/h4-6,18,21H,1-3H3. The summed E-state index contributed by atoms with van der Waals surface area (Å²) >= 11 is 0. The second-order valence-corrected chi connectivity index (χ2v) is 7.11. The quantitative estimate of drug-likeness (QED) is 0.737. The fourth-order valence-corrected chi connectivity index (χ4v) is 4.06. The molecule has 3 aromatic rings. The Morgan fingerprint density at radius 2 is 1.72 bits per heavy atom. The molecule has 2 heterocycles. The summed E-state index contributed by atoms with van der Waals surface area (Å²) < 4.78 is 59.5. The lowest BCUT2D eigenvalue weighted by atomic mass is 10.2. The molecule has 2 N–H and O–H groups in total. The maximum absolute atomic E-state index is 13.3. The van der Waals surface area contributed by atoms with E-state index in [1.54, 1.807) is 20.8 Å². The van der Waals surface area contributed by atoms with Crippen LogP contribution in [0, 0.1) is 32.4 Å². The molecular formula is C15H14F2N4O3S. The van der Waals surface area contributed by atoms with Crippen LogP contribution in [0.5, 0.6) is 0 Å². The lowest BCUT2D eigenvalue weighted by Crippen LogP contribution is -2.15. The molecule has 0 aliphatic heterocycles. The zero-order valence-electron chi connectivity index (χ0n) is 13.5. The molecule has 0 aliphatic carbocycles. The Balaban J connectivity index is 2.11. The first-order valence-electron chi connectivity index (χ1n) is 7.16. The number of aromatic nitrogens is 3. The predicted molar refractivity (Wildman–Crippen MR) is 85.5 cm³/mol. The van der Waals surface area contributed by atoms with E-state index in [0.29, 0.717) is 23.3 Å². The molecule has 25 heavy (non-hydrogen) atoms. The third-order valence-electron chi connectivity index (χ3n) is 3.44. The van der Waals surface area contributed by atoms with Gasteiger partial charge in [0.1, 0.15) is 16.5 Å². The van der Waals surface area contributed by atoms with Crippen molar-refractivity contribution in [2.24, 2.45) is 0 Å². The van der Waals surface area contributed by atoms with Crippen molar-refractivity contribution >= 4 is 15.7 Å². The molecule has 0 fully saturated rings. The summed E-state index contributed by atoms with van der Waals surface area (Å²) in [6.45, 7) is 4.81. The maximum Gasteiger partial charge on any atom is 0.264 e. The number of sulfonamides is 1. The van der Waals surface area contributed by atoms with E-state index in [1.165, 1.54) is 0 Å². The highest BCUT2D eigenvalue weighted by Crippen LogP contribution is 2.33. The monoisotopic (exact) mass is 368 g/mol. The fraction of sp³-hybridized carbons (Fsp3) is 0.200. The number of benzene rings is 1. The molecule has 0 aliphatic rings. The Kier molecular flexibility index (Phi) is 4.07. The number of nitrogens with zero attached hydrogens (tertiary/aromatic N) is 2. The molecule has 1 aromatic carbocycles. The van der Waals surface area contributed by atoms with E-state index in [1.807, 2.05) is 0 Å². The maximum atomic E-state index is 13.3. The van der Waals surface area contributed by atoms with Crippen LogP contribution in [-0.2, 0) is 10.0 Å². The highest BCUT2D eigenvalue weighted by molar-refractivity contribution is 7.93. The van der Waals surface area contributed by atoms with Gasteiger partial charge in [-0.3, -0.25) is 4.72 Å². The number of hydrogen-bond donors (Lipinski definition) is 2. The molecule has 3 rings (SSSR count). The molecule has 10 heteroatoms. The van der Waals surface area contributed by atoms with Gasteiger partial charge in [-0.05, 0) is 32.9 Å². The van der Waals surface area contributed by atoms with E-state index < -0.39 is 21.7 Å². The molecule has 0 radical (unpaired) electrons. The fourth-order valence-electron chi connectivity index (χ4n) is 2.57. The largest absolute Gasteiger partial charge is 0.361 e. The van der Waals surface area contributed by atoms with Crippen molar-refractivity contribution in [1.82, 2.24) is 15.1 Å². The van der Waals surface area contributed by atoms with Gasteiger partial charge in [0.05, 0.1) is 11.3 Å². The van der Waals surface area contributed by atoms with Gasteiger partial charge in [0.2, 0.25) is 0 Å². The first kappa shape index (κ1) is 17.1. The second kappa shape index (κ2) is 5.96. The average molecular weight is 368 g/mol. The topological polar surface area (TPSA) is 101 Å². The smallest absolute Gasteiger partial charge is 0.264 e. The van der Waals surface area contributed by atoms with E-state index in [4.69, 9.17) is 4.52 Å². The number of H-pyrrole nitrogens is 1. The van der Waals surface area contributed by atoms with E-state index in [-0.39, 0.29) is 22.0 Å². The first-order chi connectivity index (χ1) is 11.7. The molecule has 0 bridgehead atoms. The van der Waals surface area contributed by atoms with Crippen molar-refractivity contribution in [3.05, 3.63) is 47.0 Å². The van der Waals surface area contributed by atoms with E-state index >= 15 is 0 Å². The van der Waals surface area contributed by atoms with Crippen molar-refractivity contribution in [2.75, 3.05) is 4.72 Å². The Morgan fingerprint density at radius 3 is 2.28 bits per heavy atom. The molecular weight excluding hydrogens is 354 g/mol. The minimum Gasteiger partial charge on any atom is -0.361 e. The van der Waals surface area contributed by atoms with Gasteiger partial charge < -0.3 is 9.51 Å². The summed E-state index contributed by atoms with van der Waals surface area (Å²) in [5.74, 6) is -1.42. The van der Waals surface area contributed by atoms with Gasteiger partial charge >= 0.3 is 0 Å². The molecule has 7 nitrogen and oxygen atoms in total. The molecule has 0 unspecified atom stereocenters. The molecule has 0 saturated heterocycles. The van der Waals surface area contributed by atoms with Crippen LogP contribution in [0.2, 0.25) is 0 Å². The number of anilines is 1. The van der Waals surface area contributed by atoms with Crippen LogP contribution in [0.1, 0.15) is 17.2 Å². The summed E-state index contributed by atoms with van der Waals surface area (Å²) in [4.78, 5) is 6.83. The Bertz CT molecular complexity index is 1040. The zero-order valence-corrected chi connectivity index (χ0v) is 14.3. The number of rotatable bonds is 4. The number of halogens is 2. The van der Waals surface area contributed by atoms with Crippen molar-refractivity contribution in [2.45, 2.75) is 25.7 Å². The van der Waals surface area contributed by atoms with Gasteiger partial charge in [-0.1, -0.05) is 5.16 Å². The zero-order chi connectivity index (χ0) is 18.4. The number of hydrogen-bond acceptors (Lipinski definition) is 5. The van der Waals surface area contributed by atoms with Crippen LogP contribution in [0.4, 0.5) is 14.5 Å². The molecule has 2 aromatic heterocycles. The third kappa shape index (κ3) is 3.25. The lowest BCUT2D eigenvalue weighted by Gasteiger charge is -2.09. The SMILES string of the molecule is Cc1noc(-c2c(C)[nH]c(C)c2S(=O)(=O)Nc2cc(F)cc(F)c2)n1. The van der Waals surface area contributed by atoms with E-state index in [9.17, 15) is 17.2 Å². The highest BCUT2D eigenvalue weighted by Gasteiger charge is 2.29. The van der Waals surface area contributed by atoms with Crippen molar-refractivity contribution in [3.63, 3.8) is 0 Å². The minimum atomic E-state index is -4.17. The Labute approximate surface area is 142 Å². The Hall–Kier alpha value is -2.75. The average Bonchev–Trinajstić information content (AvgIpc) is 3.00. The molecule has 0 amide bonds. The van der Waals surface area contributed by atoms with E-state index in [0.717, 1.165) is 12.1 Å². The van der Waals surface area contributed by atoms with Gasteiger partial charge in [0.15, 0.2) is 5.82 Å². The highest BCUT2D eigenvalue weighted by atomic mass is 32.2. The van der Waals surface area contributed by atoms with Crippen molar-refractivity contribution in [1.29, 1.82) is 0 Å². The first-order valence-corrected chi connectivity index (χ1v) is 8.64. The van der Waals surface area contributed by atoms with Gasteiger partial charge in [0.25, 0.3) is 15.9 Å². The minimum absolute atomic E-state index is 0.0325. The van der Waals surface area contributed by atoms with Crippen LogP contribution < -0.4 is 4.72 Å². The summed E-state index contributed by atoms with van der Waals surface area (Å²) in [6.07, 6.45) is 0. The number of aromatic amines is 1. The molecule has 0 atom stereocenters. The predicted octanol–water partition coefficient (Wildman–Crippen LogP) is 3.07. The third-order valence-corrected chi connectivity index (χ3v) is 4.99. The van der Waals surface area contributed by atoms with Crippen LogP contribution in [0.3, 0.4) is 0 Å². The van der Waals surface area contributed by atoms with Crippen molar-refractivity contribution < 1.29 is 21.7 Å². The lowest BCUT2D eigenvalue weighted by molar-refractivity contribution is 0.424. The van der Waals surface area contributed by atoms with E-state index in [2.05, 4.69) is 19.8 Å². The Morgan fingerprint density at radius 1 is 1.08 bits per heavy atom. The summed E-state index contributed by atoms with van der Waals surface area (Å²) in [5.41, 5.74) is 0.811. The second-order valence-electron chi connectivity index (χ2n) is 5.49. The van der Waals surface area contributed by atoms with Crippen molar-refractivity contribution in [3.8, 4) is 11.5 Å². The van der Waals surface area contributed by atoms with Gasteiger partial charge in [-0.2, -0.15) is 4.98 Å². The van der Waals surface area contributed by atoms with Gasteiger partial charge in [-0.25, -0.2) is 17.2 Å². The van der Waals surface area contributed by atoms with Crippen LogP contribution >= 0.6 is 0 Å². The van der Waals surface area contributed by atoms with Crippen LogP contribution in [0.25, 0.3) is 11.5 Å². The normalized spacial score (nSPS) is 11.7. The van der Waals surface area contributed by atoms with Crippen LogP contribution in [-0.4, -0.2) is 23.5 Å². The van der Waals surface area contributed by atoms with Crippen LogP contribution in [0.15, 0.2) is 27.6 Å². The summed E-state index contributed by atoms with van der Waals surface area (Å²) in [5, 5.41) is 3.66.